The van der Waals surface area contributed by atoms with Gasteiger partial charge in [0.1, 0.15) is 16.4 Å². The molecule has 0 saturated carbocycles. The molecule has 1 amide bonds. The van der Waals surface area contributed by atoms with Crippen LogP contribution >= 0.6 is 22.9 Å². The Morgan fingerprint density at radius 3 is 2.75 bits per heavy atom. The van der Waals surface area contributed by atoms with Crippen molar-refractivity contribution in [3.8, 4) is 5.75 Å². The highest BCUT2D eigenvalue weighted by Gasteiger charge is 2.17. The van der Waals surface area contributed by atoms with Crippen molar-refractivity contribution in [1.82, 2.24) is 5.43 Å². The third-order valence-electron chi connectivity index (χ3n) is 3.29. The van der Waals surface area contributed by atoms with Gasteiger partial charge in [0.25, 0.3) is 5.91 Å². The van der Waals surface area contributed by atoms with Crippen LogP contribution in [0.5, 0.6) is 5.75 Å². The van der Waals surface area contributed by atoms with E-state index in [2.05, 4.69) is 10.5 Å². The minimum Gasteiger partial charge on any atom is -0.497 e. The van der Waals surface area contributed by atoms with Gasteiger partial charge in [-0.25, -0.2) is 9.82 Å². The number of benzene rings is 2. The SMILES string of the molecule is COc1ccc2c(Cl)c(C(=O)NN=Cc3ccc(F)cc3)sc2c1. The normalized spacial score (nSPS) is 11.1. The minimum atomic E-state index is -0.404. The van der Waals surface area contributed by atoms with E-state index in [0.29, 0.717) is 21.2 Å². The summed E-state index contributed by atoms with van der Waals surface area (Å²) in [6.07, 6.45) is 1.43. The number of carbonyl (C=O) groups is 1. The quantitative estimate of drug-likeness (QED) is 0.550. The molecule has 7 heteroatoms. The standard InChI is InChI=1S/C17H12ClFN2O2S/c1-23-12-6-7-13-14(8-12)24-16(15(13)18)17(22)21-20-9-10-2-4-11(19)5-3-10/h2-9H,1H3,(H,21,22). The van der Waals surface area contributed by atoms with Crippen molar-refractivity contribution in [2.24, 2.45) is 5.10 Å². The summed E-state index contributed by atoms with van der Waals surface area (Å²) in [6.45, 7) is 0. The van der Waals surface area contributed by atoms with Crippen LogP contribution in [0.15, 0.2) is 47.6 Å². The maximum absolute atomic E-state index is 12.8. The number of thiophene rings is 1. The number of nitrogens with zero attached hydrogens (tertiary/aromatic N) is 1. The van der Waals surface area contributed by atoms with Crippen molar-refractivity contribution in [1.29, 1.82) is 0 Å². The molecule has 0 aliphatic carbocycles. The summed E-state index contributed by atoms with van der Waals surface area (Å²) >= 11 is 7.54. The van der Waals surface area contributed by atoms with Crippen molar-refractivity contribution in [3.63, 3.8) is 0 Å². The van der Waals surface area contributed by atoms with Crippen LogP contribution in [0, 0.1) is 5.82 Å². The highest BCUT2D eigenvalue weighted by molar-refractivity contribution is 7.21. The van der Waals surface area contributed by atoms with Crippen molar-refractivity contribution in [3.05, 3.63) is 63.7 Å². The first-order chi connectivity index (χ1) is 11.6. The largest absolute Gasteiger partial charge is 0.497 e. The van der Waals surface area contributed by atoms with Crippen molar-refractivity contribution in [2.75, 3.05) is 7.11 Å². The van der Waals surface area contributed by atoms with Crippen LogP contribution in [-0.4, -0.2) is 19.2 Å². The lowest BCUT2D eigenvalue weighted by atomic mass is 10.2. The van der Waals surface area contributed by atoms with Gasteiger partial charge in [0.2, 0.25) is 0 Å². The van der Waals surface area contributed by atoms with Gasteiger partial charge >= 0.3 is 0 Å². The second-order valence-corrected chi connectivity index (χ2v) is 6.29. The van der Waals surface area contributed by atoms with E-state index >= 15 is 0 Å². The Labute approximate surface area is 146 Å². The molecule has 1 aromatic heterocycles. The molecule has 3 aromatic rings. The number of fused-ring (bicyclic) bond motifs is 1. The van der Waals surface area contributed by atoms with Gasteiger partial charge in [0.15, 0.2) is 0 Å². The molecule has 1 heterocycles. The van der Waals surface area contributed by atoms with Crippen molar-refractivity contribution in [2.45, 2.75) is 0 Å². The summed E-state index contributed by atoms with van der Waals surface area (Å²) in [6, 6.07) is 11.2. The molecule has 0 aliphatic rings. The van der Waals surface area contributed by atoms with Gasteiger partial charge in [-0.1, -0.05) is 23.7 Å². The highest BCUT2D eigenvalue weighted by Crippen LogP contribution is 2.37. The molecular formula is C17H12ClFN2O2S. The number of ether oxygens (including phenoxy) is 1. The molecule has 0 bridgehead atoms. The topological polar surface area (TPSA) is 50.7 Å². The molecule has 4 nitrogen and oxygen atoms in total. The first-order valence-electron chi connectivity index (χ1n) is 6.93. The van der Waals surface area contributed by atoms with E-state index in [-0.39, 0.29) is 5.82 Å². The van der Waals surface area contributed by atoms with Gasteiger partial charge in [-0.2, -0.15) is 5.10 Å². The number of carbonyl (C=O) groups excluding carboxylic acids is 1. The second kappa shape index (κ2) is 6.98. The summed E-state index contributed by atoms with van der Waals surface area (Å²) in [5, 5.41) is 5.04. The van der Waals surface area contributed by atoms with Gasteiger partial charge in [0, 0.05) is 10.1 Å². The van der Waals surface area contributed by atoms with Gasteiger partial charge in [0.05, 0.1) is 18.3 Å². The van der Waals surface area contributed by atoms with Crippen molar-refractivity contribution >= 4 is 45.1 Å². The maximum Gasteiger partial charge on any atom is 0.283 e. The van der Waals surface area contributed by atoms with E-state index in [9.17, 15) is 9.18 Å². The summed E-state index contributed by atoms with van der Waals surface area (Å²) in [5.74, 6) is -0.0381. The van der Waals surface area contributed by atoms with Crippen LogP contribution in [0.3, 0.4) is 0 Å². The maximum atomic E-state index is 12.8. The lowest BCUT2D eigenvalue weighted by molar-refractivity contribution is 0.0959. The van der Waals surface area contributed by atoms with Gasteiger partial charge < -0.3 is 4.74 Å². The summed E-state index contributed by atoms with van der Waals surface area (Å²) in [7, 11) is 1.58. The van der Waals surface area contributed by atoms with E-state index in [1.54, 1.807) is 25.3 Å². The monoisotopic (exact) mass is 362 g/mol. The summed E-state index contributed by atoms with van der Waals surface area (Å²) < 4.78 is 18.8. The zero-order valence-corrected chi connectivity index (χ0v) is 14.1. The number of amides is 1. The number of halogens is 2. The Kier molecular flexibility index (Phi) is 4.78. The molecule has 1 N–H and O–H groups in total. The van der Waals surface area contributed by atoms with Gasteiger partial charge in [-0.05, 0) is 35.9 Å². The predicted octanol–water partition coefficient (Wildman–Crippen LogP) is 4.47. The molecule has 0 saturated heterocycles. The van der Waals surface area contributed by atoms with Crippen LogP contribution in [0.1, 0.15) is 15.2 Å². The summed E-state index contributed by atoms with van der Waals surface area (Å²) in [5.41, 5.74) is 3.09. The predicted molar refractivity (Wildman–Crippen MR) is 94.8 cm³/mol. The third kappa shape index (κ3) is 3.39. The van der Waals surface area contributed by atoms with Crippen LogP contribution < -0.4 is 10.2 Å². The number of hydrogen-bond donors (Lipinski definition) is 1. The Morgan fingerprint density at radius 1 is 1.29 bits per heavy atom. The lowest BCUT2D eigenvalue weighted by Crippen LogP contribution is -2.16. The Morgan fingerprint density at radius 2 is 2.04 bits per heavy atom. The fourth-order valence-electron chi connectivity index (χ4n) is 2.08. The first kappa shape index (κ1) is 16.4. The van der Waals surface area contributed by atoms with E-state index in [0.717, 1.165) is 10.1 Å². The van der Waals surface area contributed by atoms with Crippen LogP contribution in [0.2, 0.25) is 5.02 Å². The number of rotatable bonds is 4. The number of hydrogen-bond acceptors (Lipinski definition) is 4. The zero-order chi connectivity index (χ0) is 17.1. The molecule has 0 aliphatic heterocycles. The average Bonchev–Trinajstić information content (AvgIpc) is 2.93. The lowest BCUT2D eigenvalue weighted by Gasteiger charge is -1.98. The third-order valence-corrected chi connectivity index (χ3v) is 4.95. The van der Waals surface area contributed by atoms with Gasteiger partial charge in [-0.15, -0.1) is 11.3 Å². The van der Waals surface area contributed by atoms with Crippen LogP contribution in [-0.2, 0) is 0 Å². The van der Waals surface area contributed by atoms with E-state index in [4.69, 9.17) is 16.3 Å². The highest BCUT2D eigenvalue weighted by atomic mass is 35.5. The molecule has 3 rings (SSSR count). The van der Waals surface area contributed by atoms with E-state index in [1.807, 2.05) is 12.1 Å². The van der Waals surface area contributed by atoms with Crippen LogP contribution in [0.4, 0.5) is 4.39 Å². The van der Waals surface area contributed by atoms with Crippen molar-refractivity contribution < 1.29 is 13.9 Å². The Balaban J connectivity index is 1.78. The minimum absolute atomic E-state index is 0.330. The number of nitrogens with one attached hydrogen (secondary N) is 1. The molecule has 0 radical (unpaired) electrons. The fourth-order valence-corrected chi connectivity index (χ4v) is 3.52. The smallest absolute Gasteiger partial charge is 0.283 e. The number of methoxy groups -OCH3 is 1. The molecule has 122 valence electrons. The summed E-state index contributed by atoms with van der Waals surface area (Å²) in [4.78, 5) is 12.6. The molecule has 0 fully saturated rings. The fraction of sp³-hybridized carbons (Fsp3) is 0.0588. The second-order valence-electron chi connectivity index (χ2n) is 4.86. The first-order valence-corrected chi connectivity index (χ1v) is 8.13. The Bertz CT molecular complexity index is 922. The average molecular weight is 363 g/mol. The molecule has 2 aromatic carbocycles. The molecule has 0 spiro atoms. The zero-order valence-electron chi connectivity index (χ0n) is 12.5. The van der Waals surface area contributed by atoms with Gasteiger partial charge in [-0.3, -0.25) is 4.79 Å². The van der Waals surface area contributed by atoms with E-state index in [1.165, 1.54) is 29.7 Å². The van der Waals surface area contributed by atoms with E-state index < -0.39 is 5.91 Å². The number of hydrazone groups is 1. The molecule has 0 unspecified atom stereocenters. The molecular weight excluding hydrogens is 351 g/mol. The molecule has 24 heavy (non-hydrogen) atoms. The molecule has 0 atom stereocenters. The Hall–Kier alpha value is -2.44. The van der Waals surface area contributed by atoms with Crippen LogP contribution in [0.25, 0.3) is 10.1 Å².